The van der Waals surface area contributed by atoms with Gasteiger partial charge < -0.3 is 0 Å². The van der Waals surface area contributed by atoms with E-state index in [1.807, 2.05) is 0 Å². The molecule has 23 heavy (non-hydrogen) atoms. The fraction of sp³-hybridized carbons (Fsp3) is 1.00. The lowest BCUT2D eigenvalue weighted by Crippen LogP contribution is -2.25. The van der Waals surface area contributed by atoms with Crippen molar-refractivity contribution in [2.75, 3.05) is 12.5 Å². The van der Waals surface area contributed by atoms with Crippen LogP contribution >= 0.6 is 16.1 Å². The van der Waals surface area contributed by atoms with E-state index in [1.165, 1.54) is 0 Å². The summed E-state index contributed by atoms with van der Waals surface area (Å²) in [7, 11) is -2.21. The number of hydrogen-bond acceptors (Lipinski definition) is 2. The third-order valence-corrected chi connectivity index (χ3v) is 12.7. The first-order chi connectivity index (χ1) is 9.68. The van der Waals surface area contributed by atoms with E-state index in [9.17, 15) is 0 Å². The van der Waals surface area contributed by atoms with E-state index in [4.69, 9.17) is 8.27 Å². The van der Waals surface area contributed by atoms with Gasteiger partial charge in [-0.2, -0.15) is 0 Å². The minimum absolute atomic E-state index is 0.222. The number of nitrogens with zero attached hydrogens (tertiary/aromatic N) is 2. The van der Waals surface area contributed by atoms with E-state index in [0.717, 1.165) is 0 Å². The van der Waals surface area contributed by atoms with Crippen LogP contribution in [0.4, 0.5) is 0 Å². The third-order valence-electron chi connectivity index (χ3n) is 3.10. The first kappa shape index (κ1) is 23.8. The smallest absolute Gasteiger partial charge is 0.0357 e. The average molecular weight is 381 g/mol. The Kier molecular flexibility index (Phi) is 7.46. The topological polar surface area (TPSA) is 24.7 Å². The lowest BCUT2D eigenvalue weighted by molar-refractivity contribution is 0.706. The summed E-state index contributed by atoms with van der Waals surface area (Å²) in [6, 6.07) is 0. The van der Waals surface area contributed by atoms with Crippen molar-refractivity contribution in [3.05, 3.63) is 0 Å². The molecule has 0 fully saturated rings. The Morgan fingerprint density at radius 2 is 0.652 bits per heavy atom. The zero-order chi connectivity index (χ0) is 19.1. The molecule has 0 saturated carbocycles. The Morgan fingerprint density at radius 3 is 0.783 bits per heavy atom. The molecule has 0 aromatic carbocycles. The summed E-state index contributed by atoms with van der Waals surface area (Å²) in [4.78, 5) is 0. The van der Waals surface area contributed by atoms with Crippen LogP contribution in [0.1, 0.15) is 83.1 Å². The largest absolute Gasteiger partial charge is 0.231 e. The summed E-state index contributed by atoms with van der Waals surface area (Å²) in [6.45, 7) is 28.0. The van der Waals surface area contributed by atoms with Crippen molar-refractivity contribution in [3.8, 4) is 0 Å². The highest BCUT2D eigenvalue weighted by atomic mass is 32.2. The Balaban J connectivity index is 6.29. The van der Waals surface area contributed by atoms with E-state index in [0.29, 0.717) is 0 Å². The maximum Gasteiger partial charge on any atom is 0.0357 e. The molecule has 0 amide bonds. The van der Waals surface area contributed by atoms with E-state index >= 15 is 0 Å². The SMILES string of the molecule is CC(C)(C)P(N=S(C)(C)=NP(C(C)(C)C)C(C)(C)C)C(C)(C)C. The lowest BCUT2D eigenvalue weighted by Gasteiger charge is -2.40. The summed E-state index contributed by atoms with van der Waals surface area (Å²) in [5.41, 5.74) is 0. The van der Waals surface area contributed by atoms with Crippen molar-refractivity contribution in [1.82, 2.24) is 0 Å². The molecular weight excluding hydrogens is 338 g/mol. The highest BCUT2D eigenvalue weighted by Gasteiger charge is 2.37. The highest BCUT2D eigenvalue weighted by molar-refractivity contribution is 8.00. The van der Waals surface area contributed by atoms with Gasteiger partial charge in [-0.05, 0) is 0 Å². The van der Waals surface area contributed by atoms with Gasteiger partial charge in [0.2, 0.25) is 0 Å². The van der Waals surface area contributed by atoms with Crippen molar-refractivity contribution in [2.45, 2.75) is 104 Å². The summed E-state index contributed by atoms with van der Waals surface area (Å²) in [5.74, 6) is 0. The molecule has 2 nitrogen and oxygen atoms in total. The normalized spacial score (nSPS) is 15.3. The van der Waals surface area contributed by atoms with Gasteiger partial charge in [-0.15, -0.1) is 0 Å². The molecule has 0 radical (unpaired) electrons. The summed E-state index contributed by atoms with van der Waals surface area (Å²) < 4.78 is 10.8. The first-order valence-corrected chi connectivity index (χ1v) is 13.4. The van der Waals surface area contributed by atoms with Crippen LogP contribution in [0, 0.1) is 0 Å². The second-order valence-electron chi connectivity index (χ2n) is 10.7. The molecule has 0 rings (SSSR count). The third kappa shape index (κ3) is 8.15. The van der Waals surface area contributed by atoms with Crippen molar-refractivity contribution < 1.29 is 0 Å². The molecule has 0 aromatic rings. The van der Waals surface area contributed by atoms with Crippen molar-refractivity contribution in [1.29, 1.82) is 0 Å². The minimum atomic E-state index is -1.30. The minimum Gasteiger partial charge on any atom is -0.231 e. The van der Waals surface area contributed by atoms with Crippen LogP contribution < -0.4 is 0 Å². The summed E-state index contributed by atoms with van der Waals surface area (Å²) >= 11 is 0. The zero-order valence-electron chi connectivity index (χ0n) is 18.2. The Labute approximate surface area is 150 Å². The molecule has 0 N–H and O–H groups in total. The van der Waals surface area contributed by atoms with Gasteiger partial charge in [-0.25, -0.2) is 8.27 Å². The molecule has 0 heterocycles. The van der Waals surface area contributed by atoms with Crippen LogP contribution in [0.5, 0.6) is 0 Å². The summed E-state index contributed by atoms with van der Waals surface area (Å²) in [5, 5.41) is 0.887. The molecule has 0 aromatic heterocycles. The quantitative estimate of drug-likeness (QED) is 0.437. The standard InChI is InChI=1S/C18H42N2P2S/c1-15(2,3)21(16(4,5)6)19-23(13,14)20-22(17(7,8)9)18(10,11)12/h1-14H3. The molecule has 0 aliphatic heterocycles. The van der Waals surface area contributed by atoms with E-state index in [-0.39, 0.29) is 20.6 Å². The van der Waals surface area contributed by atoms with Crippen molar-refractivity contribution >= 4 is 25.8 Å². The van der Waals surface area contributed by atoms with Gasteiger partial charge in [0, 0.05) is 49.3 Å². The van der Waals surface area contributed by atoms with Gasteiger partial charge in [-0.1, -0.05) is 92.7 Å². The molecule has 0 saturated heterocycles. The maximum atomic E-state index is 5.42. The average Bonchev–Trinajstić information content (AvgIpc) is 2.16. The predicted octanol–water partition coefficient (Wildman–Crippen LogP) is 7.76. The van der Waals surface area contributed by atoms with Crippen molar-refractivity contribution in [2.24, 2.45) is 8.27 Å². The molecule has 0 aliphatic carbocycles. The van der Waals surface area contributed by atoms with E-state index in [1.54, 1.807) is 0 Å². The van der Waals surface area contributed by atoms with E-state index in [2.05, 4.69) is 95.6 Å². The number of hydrogen-bond donors (Lipinski definition) is 0. The van der Waals surface area contributed by atoms with Gasteiger partial charge in [-0.3, -0.25) is 0 Å². The van der Waals surface area contributed by atoms with E-state index < -0.39 is 25.8 Å². The van der Waals surface area contributed by atoms with Crippen molar-refractivity contribution in [3.63, 3.8) is 0 Å². The molecule has 0 atom stereocenters. The van der Waals surface area contributed by atoms with Crippen LogP contribution in [-0.4, -0.2) is 33.1 Å². The molecule has 5 heteroatoms. The predicted molar refractivity (Wildman–Crippen MR) is 117 cm³/mol. The van der Waals surface area contributed by atoms with Gasteiger partial charge in [0.15, 0.2) is 0 Å². The fourth-order valence-corrected chi connectivity index (χ4v) is 14.5. The second kappa shape index (κ2) is 7.20. The first-order valence-electron chi connectivity index (χ1n) is 8.48. The Hall–Kier alpha value is 0.810. The molecular formula is C18H42N2P2S. The van der Waals surface area contributed by atoms with Crippen LogP contribution in [-0.2, 0) is 9.62 Å². The van der Waals surface area contributed by atoms with Gasteiger partial charge in [0.05, 0.1) is 0 Å². The molecule has 0 bridgehead atoms. The van der Waals surface area contributed by atoms with Crippen LogP contribution in [0.15, 0.2) is 8.27 Å². The second-order valence-corrected chi connectivity index (χ2v) is 21.1. The highest BCUT2D eigenvalue weighted by Crippen LogP contribution is 2.63. The van der Waals surface area contributed by atoms with Gasteiger partial charge in [0.25, 0.3) is 0 Å². The fourth-order valence-electron chi connectivity index (χ4n) is 2.92. The van der Waals surface area contributed by atoms with Gasteiger partial charge >= 0.3 is 0 Å². The lowest BCUT2D eigenvalue weighted by atomic mass is 10.2. The Bertz CT molecular complexity index is 437. The Morgan fingerprint density at radius 1 is 0.478 bits per heavy atom. The molecule has 0 aliphatic rings. The molecule has 0 unspecified atom stereocenters. The van der Waals surface area contributed by atoms with Crippen LogP contribution in [0.2, 0.25) is 0 Å². The van der Waals surface area contributed by atoms with Crippen LogP contribution in [0.25, 0.3) is 0 Å². The van der Waals surface area contributed by atoms with Gasteiger partial charge in [0.1, 0.15) is 0 Å². The molecule has 140 valence electrons. The number of rotatable bonds is 2. The summed E-state index contributed by atoms with van der Waals surface area (Å²) in [6.07, 6.45) is 4.57. The monoisotopic (exact) mass is 380 g/mol. The molecule has 0 spiro atoms. The van der Waals surface area contributed by atoms with Crippen LogP contribution in [0.3, 0.4) is 0 Å². The maximum absolute atomic E-state index is 5.42. The zero-order valence-corrected chi connectivity index (χ0v) is 20.8.